The minimum Gasteiger partial charge on any atom is -0.480 e. The van der Waals surface area contributed by atoms with Gasteiger partial charge in [-0.25, -0.2) is 8.42 Å². The molecular formula is C12H12Br2O4S. The first-order chi connectivity index (χ1) is 8.81. The molecule has 1 aromatic rings. The summed E-state index contributed by atoms with van der Waals surface area (Å²) in [6, 6.07) is 4.75. The summed E-state index contributed by atoms with van der Waals surface area (Å²) in [5, 5.41) is 9.41. The molecule has 0 atom stereocenters. The van der Waals surface area contributed by atoms with Crippen molar-refractivity contribution >= 4 is 47.7 Å². The molecule has 2 rings (SSSR count). The maximum Gasteiger partial charge on any atom is 0.325 e. The minimum absolute atomic E-state index is 0.0335. The average molecular weight is 412 g/mol. The summed E-state index contributed by atoms with van der Waals surface area (Å²) in [5.74, 6) is -1.25. The van der Waals surface area contributed by atoms with Crippen molar-refractivity contribution in [3.8, 4) is 0 Å². The topological polar surface area (TPSA) is 71.4 Å². The number of aliphatic carboxylic acids is 1. The van der Waals surface area contributed by atoms with Crippen LogP contribution >= 0.6 is 31.9 Å². The van der Waals surface area contributed by atoms with Gasteiger partial charge in [0.25, 0.3) is 0 Å². The van der Waals surface area contributed by atoms with Crippen LogP contribution in [-0.2, 0) is 14.6 Å². The van der Waals surface area contributed by atoms with E-state index in [9.17, 15) is 18.3 Å². The Bertz CT molecular complexity index is 619. The number of sulfone groups is 1. The SMILES string of the molecule is O=C(O)C1(S(=O)(=O)c2cc(Br)ccc2Br)CCCC1. The second-order valence-electron chi connectivity index (χ2n) is 4.58. The van der Waals surface area contributed by atoms with Crippen LogP contribution in [-0.4, -0.2) is 24.2 Å². The van der Waals surface area contributed by atoms with E-state index in [1.807, 2.05) is 0 Å². The number of hydrogen-bond donors (Lipinski definition) is 1. The zero-order valence-corrected chi connectivity index (χ0v) is 13.9. The summed E-state index contributed by atoms with van der Waals surface area (Å²) in [6.07, 6.45) is 1.58. The van der Waals surface area contributed by atoms with Crippen LogP contribution in [0.4, 0.5) is 0 Å². The lowest BCUT2D eigenvalue weighted by Gasteiger charge is -2.24. The molecule has 0 radical (unpaired) electrons. The summed E-state index contributed by atoms with van der Waals surface area (Å²) in [4.78, 5) is 11.6. The average Bonchev–Trinajstić information content (AvgIpc) is 2.83. The molecule has 1 fully saturated rings. The molecule has 1 N–H and O–H groups in total. The standard InChI is InChI=1S/C12H12Br2O4S/c13-8-3-4-9(14)10(7-8)19(17,18)12(11(15)16)5-1-2-6-12/h3-4,7H,1-2,5-6H2,(H,15,16). The Morgan fingerprint density at radius 2 is 1.79 bits per heavy atom. The van der Waals surface area contributed by atoms with E-state index in [1.54, 1.807) is 12.1 Å². The molecule has 104 valence electrons. The van der Waals surface area contributed by atoms with Gasteiger partial charge in [-0.15, -0.1) is 0 Å². The number of carbonyl (C=O) groups is 1. The van der Waals surface area contributed by atoms with Crippen molar-refractivity contribution in [3.05, 3.63) is 27.1 Å². The van der Waals surface area contributed by atoms with Crippen molar-refractivity contribution in [2.45, 2.75) is 35.3 Å². The fraction of sp³-hybridized carbons (Fsp3) is 0.417. The maximum absolute atomic E-state index is 12.7. The monoisotopic (exact) mass is 410 g/mol. The lowest BCUT2D eigenvalue weighted by atomic mass is 10.1. The highest BCUT2D eigenvalue weighted by atomic mass is 79.9. The van der Waals surface area contributed by atoms with E-state index in [1.165, 1.54) is 6.07 Å². The van der Waals surface area contributed by atoms with E-state index in [2.05, 4.69) is 31.9 Å². The molecule has 0 unspecified atom stereocenters. The second-order valence-corrected chi connectivity index (χ2v) is 8.58. The number of halogens is 2. The molecule has 0 aromatic heterocycles. The van der Waals surface area contributed by atoms with Crippen LogP contribution in [0.5, 0.6) is 0 Å². The predicted molar refractivity (Wildman–Crippen MR) is 77.9 cm³/mol. The van der Waals surface area contributed by atoms with E-state index in [0.717, 1.165) is 0 Å². The smallest absolute Gasteiger partial charge is 0.325 e. The van der Waals surface area contributed by atoms with Gasteiger partial charge in [0.2, 0.25) is 0 Å². The van der Waals surface area contributed by atoms with Crippen LogP contribution in [0.2, 0.25) is 0 Å². The van der Waals surface area contributed by atoms with Gasteiger partial charge < -0.3 is 5.11 Å². The van der Waals surface area contributed by atoms with Crippen LogP contribution in [0.25, 0.3) is 0 Å². The van der Waals surface area contributed by atoms with Crippen LogP contribution in [0, 0.1) is 0 Å². The summed E-state index contributed by atoms with van der Waals surface area (Å²) >= 11 is 6.41. The minimum atomic E-state index is -3.93. The van der Waals surface area contributed by atoms with Gasteiger partial charge in [-0.2, -0.15) is 0 Å². The van der Waals surface area contributed by atoms with Gasteiger partial charge in [0.05, 0.1) is 4.90 Å². The molecule has 1 saturated carbocycles. The molecule has 0 spiro atoms. The van der Waals surface area contributed by atoms with Crippen molar-refractivity contribution in [3.63, 3.8) is 0 Å². The van der Waals surface area contributed by atoms with Crippen LogP contribution < -0.4 is 0 Å². The molecule has 7 heteroatoms. The second kappa shape index (κ2) is 5.18. The fourth-order valence-electron chi connectivity index (χ4n) is 2.44. The first kappa shape index (κ1) is 15.0. The van der Waals surface area contributed by atoms with E-state index in [0.29, 0.717) is 21.8 Å². The molecule has 0 amide bonds. The normalized spacial score (nSPS) is 18.4. The molecule has 0 bridgehead atoms. The lowest BCUT2D eigenvalue weighted by molar-refractivity contribution is -0.139. The van der Waals surface area contributed by atoms with Crippen molar-refractivity contribution in [2.75, 3.05) is 0 Å². The molecule has 4 nitrogen and oxygen atoms in total. The van der Waals surface area contributed by atoms with Gasteiger partial charge in [-0.1, -0.05) is 28.8 Å². The highest BCUT2D eigenvalue weighted by Gasteiger charge is 2.53. The predicted octanol–water partition coefficient (Wildman–Crippen LogP) is 3.38. The van der Waals surface area contributed by atoms with Gasteiger partial charge in [-0.05, 0) is 47.0 Å². The largest absolute Gasteiger partial charge is 0.480 e. The van der Waals surface area contributed by atoms with Crippen molar-refractivity contribution in [1.82, 2.24) is 0 Å². The summed E-state index contributed by atoms with van der Waals surface area (Å²) in [6.45, 7) is 0. The Morgan fingerprint density at radius 1 is 1.21 bits per heavy atom. The summed E-state index contributed by atoms with van der Waals surface area (Å²) < 4.78 is 24.8. The van der Waals surface area contributed by atoms with E-state index >= 15 is 0 Å². The zero-order valence-electron chi connectivity index (χ0n) is 9.90. The Morgan fingerprint density at radius 3 is 2.32 bits per heavy atom. The molecule has 1 aliphatic carbocycles. The molecule has 0 saturated heterocycles. The van der Waals surface area contributed by atoms with Gasteiger partial charge in [0.15, 0.2) is 14.6 Å². The van der Waals surface area contributed by atoms with Crippen LogP contribution in [0.1, 0.15) is 25.7 Å². The molecule has 1 aromatic carbocycles. The lowest BCUT2D eigenvalue weighted by Crippen LogP contribution is -2.44. The number of rotatable bonds is 3. The van der Waals surface area contributed by atoms with Gasteiger partial charge in [0, 0.05) is 8.95 Å². The van der Waals surface area contributed by atoms with Crippen LogP contribution in [0.3, 0.4) is 0 Å². The highest BCUT2D eigenvalue weighted by Crippen LogP contribution is 2.43. The van der Waals surface area contributed by atoms with E-state index < -0.39 is 20.6 Å². The molecular weight excluding hydrogens is 400 g/mol. The molecule has 1 aliphatic rings. The Labute approximate surface area is 128 Å². The Hall–Kier alpha value is -0.400. The third kappa shape index (κ3) is 2.36. The molecule has 19 heavy (non-hydrogen) atoms. The third-order valence-electron chi connectivity index (χ3n) is 3.50. The first-order valence-electron chi connectivity index (χ1n) is 5.74. The number of hydrogen-bond acceptors (Lipinski definition) is 3. The Kier molecular flexibility index (Phi) is 4.09. The molecule has 0 heterocycles. The fourth-order valence-corrected chi connectivity index (χ4v) is 5.92. The van der Waals surface area contributed by atoms with Crippen molar-refractivity contribution in [2.24, 2.45) is 0 Å². The van der Waals surface area contributed by atoms with Gasteiger partial charge in [0.1, 0.15) is 0 Å². The van der Waals surface area contributed by atoms with Crippen molar-refractivity contribution in [1.29, 1.82) is 0 Å². The van der Waals surface area contributed by atoms with E-state index in [-0.39, 0.29) is 17.7 Å². The molecule has 0 aliphatic heterocycles. The van der Waals surface area contributed by atoms with Crippen molar-refractivity contribution < 1.29 is 18.3 Å². The maximum atomic E-state index is 12.7. The van der Waals surface area contributed by atoms with Crippen LogP contribution in [0.15, 0.2) is 32.0 Å². The van der Waals surface area contributed by atoms with Gasteiger partial charge in [-0.3, -0.25) is 4.79 Å². The summed E-state index contributed by atoms with van der Waals surface area (Å²) in [5.41, 5.74) is 0. The third-order valence-corrected chi connectivity index (χ3v) is 7.47. The highest BCUT2D eigenvalue weighted by molar-refractivity contribution is 9.11. The number of benzene rings is 1. The zero-order chi connectivity index (χ0) is 14.3. The quantitative estimate of drug-likeness (QED) is 0.827. The Balaban J connectivity index is 2.64. The number of carboxylic acid groups (broad SMARTS) is 1. The number of carboxylic acids is 1. The first-order valence-corrected chi connectivity index (χ1v) is 8.81. The summed E-state index contributed by atoms with van der Waals surface area (Å²) in [7, 11) is -3.93. The van der Waals surface area contributed by atoms with Gasteiger partial charge >= 0.3 is 5.97 Å². The van der Waals surface area contributed by atoms with E-state index in [4.69, 9.17) is 0 Å².